The number of rotatable bonds is 5. The maximum atomic E-state index is 5.37. The minimum absolute atomic E-state index is 0.619. The summed E-state index contributed by atoms with van der Waals surface area (Å²) in [5.41, 5.74) is 0. The van der Waals surface area contributed by atoms with Gasteiger partial charge >= 0.3 is 0 Å². The van der Waals surface area contributed by atoms with E-state index in [1.165, 1.54) is 12.8 Å². The normalized spacial score (nSPS) is 19.6. The molecule has 0 spiro atoms. The summed E-state index contributed by atoms with van der Waals surface area (Å²) in [7, 11) is 0. The topological polar surface area (TPSA) is 38.2 Å². The third kappa shape index (κ3) is 3.31. The van der Waals surface area contributed by atoms with Crippen molar-refractivity contribution in [2.24, 2.45) is 5.92 Å². The monoisotopic (exact) mass is 299 g/mol. The lowest BCUT2D eigenvalue weighted by molar-refractivity contribution is 0.325. The summed E-state index contributed by atoms with van der Waals surface area (Å²) < 4.78 is 5.37. The summed E-state index contributed by atoms with van der Waals surface area (Å²) in [6, 6.07) is 0. The number of hydrogen-bond donors (Lipinski definition) is 0. The number of halogens is 1. The SMILES string of the molecule is CCOc1cncc(N2CCC(CCBr)C2)n1. The van der Waals surface area contributed by atoms with Crippen LogP contribution in [0.4, 0.5) is 5.82 Å². The highest BCUT2D eigenvalue weighted by Crippen LogP contribution is 2.25. The van der Waals surface area contributed by atoms with E-state index < -0.39 is 0 Å². The lowest BCUT2D eigenvalue weighted by atomic mass is 10.1. The van der Waals surface area contributed by atoms with E-state index in [0.717, 1.165) is 30.2 Å². The first-order valence-electron chi connectivity index (χ1n) is 6.09. The molecule has 17 heavy (non-hydrogen) atoms. The molecule has 0 saturated carbocycles. The van der Waals surface area contributed by atoms with E-state index in [1.807, 2.05) is 13.1 Å². The lowest BCUT2D eigenvalue weighted by Crippen LogP contribution is -2.21. The molecule has 1 aliphatic heterocycles. The van der Waals surface area contributed by atoms with Gasteiger partial charge in [-0.2, -0.15) is 4.98 Å². The van der Waals surface area contributed by atoms with Gasteiger partial charge in [0.15, 0.2) is 5.82 Å². The Morgan fingerprint density at radius 2 is 2.41 bits per heavy atom. The Kier molecular flexibility index (Phi) is 4.59. The maximum Gasteiger partial charge on any atom is 0.234 e. The minimum Gasteiger partial charge on any atom is -0.477 e. The van der Waals surface area contributed by atoms with Crippen LogP contribution in [0.25, 0.3) is 0 Å². The van der Waals surface area contributed by atoms with E-state index in [9.17, 15) is 0 Å². The minimum atomic E-state index is 0.619. The van der Waals surface area contributed by atoms with E-state index in [2.05, 4.69) is 30.8 Å². The number of aromatic nitrogens is 2. The third-order valence-corrected chi connectivity index (χ3v) is 3.48. The molecule has 94 valence electrons. The highest BCUT2D eigenvalue weighted by Gasteiger charge is 2.23. The summed E-state index contributed by atoms with van der Waals surface area (Å²) in [5.74, 6) is 2.33. The van der Waals surface area contributed by atoms with E-state index in [4.69, 9.17) is 4.74 Å². The van der Waals surface area contributed by atoms with Crippen molar-refractivity contribution < 1.29 is 4.74 Å². The van der Waals surface area contributed by atoms with Crippen molar-refractivity contribution in [1.29, 1.82) is 0 Å². The highest BCUT2D eigenvalue weighted by atomic mass is 79.9. The van der Waals surface area contributed by atoms with Crippen molar-refractivity contribution in [2.45, 2.75) is 19.8 Å². The van der Waals surface area contributed by atoms with Gasteiger partial charge in [-0.25, -0.2) is 0 Å². The lowest BCUT2D eigenvalue weighted by Gasteiger charge is -2.17. The average Bonchev–Trinajstić information content (AvgIpc) is 2.79. The number of hydrogen-bond acceptors (Lipinski definition) is 4. The highest BCUT2D eigenvalue weighted by molar-refractivity contribution is 9.09. The van der Waals surface area contributed by atoms with Gasteiger partial charge in [-0.3, -0.25) is 4.98 Å². The standard InChI is InChI=1S/C12H18BrN3O/c1-2-17-12-8-14-7-11(15-12)16-6-4-10(9-16)3-5-13/h7-8,10H,2-6,9H2,1H3. The molecular formula is C12H18BrN3O. The van der Waals surface area contributed by atoms with Crippen LogP contribution in [-0.2, 0) is 0 Å². The molecule has 2 heterocycles. The molecule has 1 saturated heterocycles. The van der Waals surface area contributed by atoms with Gasteiger partial charge in [-0.05, 0) is 25.7 Å². The summed E-state index contributed by atoms with van der Waals surface area (Å²) >= 11 is 3.50. The van der Waals surface area contributed by atoms with Crippen molar-refractivity contribution >= 4 is 21.7 Å². The first-order valence-corrected chi connectivity index (χ1v) is 7.21. The van der Waals surface area contributed by atoms with Crippen LogP contribution in [-0.4, -0.2) is 35.0 Å². The predicted octanol–water partition coefficient (Wildman–Crippen LogP) is 2.49. The molecule has 4 nitrogen and oxygen atoms in total. The Morgan fingerprint density at radius 1 is 1.53 bits per heavy atom. The van der Waals surface area contributed by atoms with E-state index in [1.54, 1.807) is 6.20 Å². The van der Waals surface area contributed by atoms with Crippen LogP contribution in [0.3, 0.4) is 0 Å². The van der Waals surface area contributed by atoms with Crippen molar-refractivity contribution in [2.75, 3.05) is 29.9 Å². The maximum absolute atomic E-state index is 5.37. The molecule has 2 rings (SSSR count). The first-order chi connectivity index (χ1) is 8.33. The number of anilines is 1. The molecule has 0 aromatic carbocycles. The molecule has 1 aromatic rings. The zero-order valence-corrected chi connectivity index (χ0v) is 11.7. The molecule has 0 aliphatic carbocycles. The second-order valence-corrected chi connectivity index (χ2v) is 5.02. The molecule has 1 aliphatic rings. The van der Waals surface area contributed by atoms with E-state index >= 15 is 0 Å². The second kappa shape index (κ2) is 6.19. The second-order valence-electron chi connectivity index (χ2n) is 4.23. The van der Waals surface area contributed by atoms with Gasteiger partial charge in [0.05, 0.1) is 19.0 Å². The summed E-state index contributed by atoms with van der Waals surface area (Å²) in [6.07, 6.45) is 5.96. The Bertz CT molecular complexity index is 361. The van der Waals surface area contributed by atoms with Gasteiger partial charge in [0, 0.05) is 18.4 Å². The molecule has 0 N–H and O–H groups in total. The van der Waals surface area contributed by atoms with Crippen LogP contribution in [0.2, 0.25) is 0 Å². The molecule has 1 atom stereocenters. The van der Waals surface area contributed by atoms with Crippen LogP contribution in [0.15, 0.2) is 12.4 Å². The van der Waals surface area contributed by atoms with Crippen LogP contribution in [0, 0.1) is 5.92 Å². The molecule has 0 bridgehead atoms. The Morgan fingerprint density at radius 3 is 3.18 bits per heavy atom. The molecule has 1 aromatic heterocycles. The first kappa shape index (κ1) is 12.6. The summed E-state index contributed by atoms with van der Waals surface area (Å²) in [5, 5.41) is 1.08. The Balaban J connectivity index is 2.00. The summed E-state index contributed by atoms with van der Waals surface area (Å²) in [4.78, 5) is 10.9. The van der Waals surface area contributed by atoms with Crippen molar-refractivity contribution in [3.63, 3.8) is 0 Å². The smallest absolute Gasteiger partial charge is 0.234 e. The molecule has 1 unspecified atom stereocenters. The zero-order valence-electron chi connectivity index (χ0n) is 10.1. The van der Waals surface area contributed by atoms with E-state index in [-0.39, 0.29) is 0 Å². The van der Waals surface area contributed by atoms with Gasteiger partial charge in [-0.15, -0.1) is 0 Å². The van der Waals surface area contributed by atoms with Gasteiger partial charge in [0.1, 0.15) is 0 Å². The number of ether oxygens (including phenoxy) is 1. The Labute approximate surface area is 111 Å². The largest absolute Gasteiger partial charge is 0.477 e. The van der Waals surface area contributed by atoms with Gasteiger partial charge < -0.3 is 9.64 Å². The Hall–Kier alpha value is -0.840. The van der Waals surface area contributed by atoms with Gasteiger partial charge in [-0.1, -0.05) is 15.9 Å². The van der Waals surface area contributed by atoms with Crippen LogP contribution < -0.4 is 9.64 Å². The van der Waals surface area contributed by atoms with Crippen LogP contribution >= 0.6 is 15.9 Å². The summed E-state index contributed by atoms with van der Waals surface area (Å²) in [6.45, 7) is 4.73. The zero-order chi connectivity index (χ0) is 12.1. The molecule has 0 amide bonds. The van der Waals surface area contributed by atoms with Gasteiger partial charge in [0.2, 0.25) is 5.88 Å². The molecular weight excluding hydrogens is 282 g/mol. The van der Waals surface area contributed by atoms with Crippen LogP contribution in [0.5, 0.6) is 5.88 Å². The number of alkyl halides is 1. The van der Waals surface area contributed by atoms with Crippen molar-refractivity contribution in [1.82, 2.24) is 9.97 Å². The third-order valence-electron chi connectivity index (χ3n) is 3.02. The molecule has 1 fully saturated rings. The van der Waals surface area contributed by atoms with Crippen LogP contribution in [0.1, 0.15) is 19.8 Å². The van der Waals surface area contributed by atoms with Crippen molar-refractivity contribution in [3.8, 4) is 5.88 Å². The fourth-order valence-corrected chi connectivity index (χ4v) is 2.79. The van der Waals surface area contributed by atoms with Gasteiger partial charge in [0.25, 0.3) is 0 Å². The number of nitrogens with zero attached hydrogens (tertiary/aromatic N) is 3. The molecule has 0 radical (unpaired) electrons. The fraction of sp³-hybridized carbons (Fsp3) is 0.667. The predicted molar refractivity (Wildman–Crippen MR) is 71.9 cm³/mol. The molecule has 5 heteroatoms. The fourth-order valence-electron chi connectivity index (χ4n) is 2.14. The van der Waals surface area contributed by atoms with Crippen molar-refractivity contribution in [3.05, 3.63) is 12.4 Å². The quantitative estimate of drug-likeness (QED) is 0.783. The average molecular weight is 300 g/mol. The van der Waals surface area contributed by atoms with E-state index in [0.29, 0.717) is 12.5 Å².